The quantitative estimate of drug-likeness (QED) is 0.913. The fourth-order valence-corrected chi connectivity index (χ4v) is 3.01. The van der Waals surface area contributed by atoms with Crippen molar-refractivity contribution in [2.45, 2.75) is 51.2 Å². The number of amides is 1. The lowest BCUT2D eigenvalue weighted by Gasteiger charge is -2.40. The number of hydrogen-bond acceptors (Lipinski definition) is 4. The lowest BCUT2D eigenvalue weighted by Crippen LogP contribution is -2.48. The van der Waals surface area contributed by atoms with E-state index in [9.17, 15) is 4.79 Å². The first kappa shape index (κ1) is 13.5. The van der Waals surface area contributed by atoms with Gasteiger partial charge in [-0.05, 0) is 25.7 Å². The van der Waals surface area contributed by atoms with Crippen molar-refractivity contribution in [3.8, 4) is 0 Å². The number of aromatic nitrogens is 1. The Kier molecular flexibility index (Phi) is 4.35. The third-order valence-electron chi connectivity index (χ3n) is 3.78. The fourth-order valence-electron chi connectivity index (χ4n) is 2.48. The molecule has 2 heterocycles. The molecule has 1 N–H and O–H groups in total. The summed E-state index contributed by atoms with van der Waals surface area (Å²) < 4.78 is 5.90. The van der Waals surface area contributed by atoms with Gasteiger partial charge < -0.3 is 10.1 Å². The van der Waals surface area contributed by atoms with Crippen LogP contribution in [-0.4, -0.2) is 29.1 Å². The summed E-state index contributed by atoms with van der Waals surface area (Å²) in [5.74, 6) is -0.0655. The van der Waals surface area contributed by atoms with Crippen molar-refractivity contribution in [1.29, 1.82) is 0 Å². The highest BCUT2D eigenvalue weighted by Crippen LogP contribution is 2.31. The summed E-state index contributed by atoms with van der Waals surface area (Å²) in [6.07, 6.45) is 3.77. The van der Waals surface area contributed by atoms with Crippen molar-refractivity contribution in [2.24, 2.45) is 0 Å². The average molecular weight is 268 g/mol. The van der Waals surface area contributed by atoms with E-state index in [1.165, 1.54) is 11.3 Å². The van der Waals surface area contributed by atoms with Crippen LogP contribution < -0.4 is 5.32 Å². The van der Waals surface area contributed by atoms with E-state index < -0.39 is 0 Å². The van der Waals surface area contributed by atoms with Gasteiger partial charge in [0.15, 0.2) is 0 Å². The first-order valence-corrected chi connectivity index (χ1v) is 7.46. The largest absolute Gasteiger partial charge is 0.375 e. The van der Waals surface area contributed by atoms with Crippen molar-refractivity contribution in [2.75, 3.05) is 6.61 Å². The van der Waals surface area contributed by atoms with Gasteiger partial charge in [-0.2, -0.15) is 0 Å². The van der Waals surface area contributed by atoms with Crippen molar-refractivity contribution in [3.05, 3.63) is 16.6 Å². The molecule has 0 spiro atoms. The van der Waals surface area contributed by atoms with Gasteiger partial charge in [-0.1, -0.05) is 13.8 Å². The second-order valence-electron chi connectivity index (χ2n) is 4.78. The maximum atomic E-state index is 12.0. The van der Waals surface area contributed by atoms with Gasteiger partial charge in [0.2, 0.25) is 0 Å². The Balaban J connectivity index is 1.96. The molecule has 5 heteroatoms. The molecule has 100 valence electrons. The molecule has 0 aromatic carbocycles. The molecule has 1 amide bonds. The van der Waals surface area contributed by atoms with Gasteiger partial charge in [0.25, 0.3) is 5.91 Å². The molecule has 1 saturated heterocycles. The summed E-state index contributed by atoms with van der Waals surface area (Å²) in [6.45, 7) is 5.02. The molecule has 0 saturated carbocycles. The number of hydrogen-bond donors (Lipinski definition) is 1. The summed E-state index contributed by atoms with van der Waals surface area (Å²) in [5, 5.41) is 4.85. The van der Waals surface area contributed by atoms with Gasteiger partial charge in [-0.25, -0.2) is 4.98 Å². The van der Waals surface area contributed by atoms with Crippen LogP contribution in [0.4, 0.5) is 0 Å². The van der Waals surface area contributed by atoms with Crippen LogP contribution in [0.15, 0.2) is 10.9 Å². The monoisotopic (exact) mass is 268 g/mol. The molecule has 1 fully saturated rings. The maximum Gasteiger partial charge on any atom is 0.270 e. The number of thiazole rings is 1. The van der Waals surface area contributed by atoms with Crippen molar-refractivity contribution in [1.82, 2.24) is 10.3 Å². The van der Waals surface area contributed by atoms with E-state index in [4.69, 9.17) is 4.74 Å². The number of ether oxygens (including phenoxy) is 1. The minimum absolute atomic E-state index is 0.0573. The van der Waals surface area contributed by atoms with E-state index in [1.807, 2.05) is 0 Å². The molecule has 1 aromatic rings. The van der Waals surface area contributed by atoms with Crippen molar-refractivity contribution >= 4 is 17.2 Å². The van der Waals surface area contributed by atoms with Gasteiger partial charge in [0, 0.05) is 18.0 Å². The Morgan fingerprint density at radius 2 is 2.39 bits per heavy atom. The zero-order valence-electron chi connectivity index (χ0n) is 10.9. The molecular weight excluding hydrogens is 248 g/mol. The van der Waals surface area contributed by atoms with Gasteiger partial charge in [-0.15, -0.1) is 11.3 Å². The highest BCUT2D eigenvalue weighted by molar-refractivity contribution is 7.07. The second-order valence-corrected chi connectivity index (χ2v) is 5.49. The molecule has 18 heavy (non-hydrogen) atoms. The van der Waals surface area contributed by atoms with Gasteiger partial charge in [0.05, 0.1) is 11.1 Å². The molecule has 1 aliphatic heterocycles. The predicted molar refractivity (Wildman–Crippen MR) is 71.9 cm³/mol. The minimum Gasteiger partial charge on any atom is -0.375 e. The number of carbonyl (C=O) groups excluding carboxylic acids is 1. The highest BCUT2D eigenvalue weighted by atomic mass is 32.1. The Morgan fingerprint density at radius 1 is 1.61 bits per heavy atom. The number of rotatable bonds is 4. The molecule has 2 rings (SSSR count). The fraction of sp³-hybridized carbons (Fsp3) is 0.692. The zero-order valence-corrected chi connectivity index (χ0v) is 11.8. The van der Waals surface area contributed by atoms with Crippen LogP contribution in [0, 0.1) is 0 Å². The molecule has 0 radical (unpaired) electrons. The summed E-state index contributed by atoms with van der Waals surface area (Å²) in [5.41, 5.74) is 2.14. The third kappa shape index (κ3) is 2.90. The lowest BCUT2D eigenvalue weighted by atomic mass is 9.86. The van der Waals surface area contributed by atoms with Crippen LogP contribution in [0.25, 0.3) is 0 Å². The molecule has 1 aliphatic rings. The second kappa shape index (κ2) is 5.80. The van der Waals surface area contributed by atoms with E-state index >= 15 is 0 Å². The van der Waals surface area contributed by atoms with Crippen LogP contribution in [0.1, 0.15) is 50.0 Å². The summed E-state index contributed by atoms with van der Waals surface area (Å²) >= 11 is 1.44. The lowest BCUT2D eigenvalue weighted by molar-refractivity contribution is -0.0917. The van der Waals surface area contributed by atoms with Crippen molar-refractivity contribution < 1.29 is 9.53 Å². The van der Waals surface area contributed by atoms with Gasteiger partial charge >= 0.3 is 0 Å². The SMILES string of the molecule is CCC1(CC)CC(NC(=O)c2cscn2)CCO1. The molecular formula is C13H20N2O2S. The first-order valence-electron chi connectivity index (χ1n) is 6.52. The smallest absolute Gasteiger partial charge is 0.270 e. The normalized spacial score (nSPS) is 22.7. The van der Waals surface area contributed by atoms with Crippen LogP contribution in [0.5, 0.6) is 0 Å². The molecule has 0 bridgehead atoms. The zero-order chi connectivity index (χ0) is 13.0. The Labute approximate surface area is 112 Å². The number of nitrogens with zero attached hydrogens (tertiary/aromatic N) is 1. The molecule has 1 atom stereocenters. The third-order valence-corrected chi connectivity index (χ3v) is 4.37. The topological polar surface area (TPSA) is 51.2 Å². The summed E-state index contributed by atoms with van der Waals surface area (Å²) in [6, 6.07) is 0.202. The first-order chi connectivity index (χ1) is 8.69. The average Bonchev–Trinajstić information content (AvgIpc) is 2.93. The highest BCUT2D eigenvalue weighted by Gasteiger charge is 2.35. The van der Waals surface area contributed by atoms with Gasteiger partial charge in [-0.3, -0.25) is 4.79 Å². The van der Waals surface area contributed by atoms with E-state index in [0.29, 0.717) is 5.69 Å². The van der Waals surface area contributed by atoms with E-state index in [0.717, 1.165) is 32.3 Å². The van der Waals surface area contributed by atoms with Crippen LogP contribution >= 0.6 is 11.3 Å². The predicted octanol–water partition coefficient (Wildman–Crippen LogP) is 2.61. The number of nitrogens with one attached hydrogen (secondary N) is 1. The minimum atomic E-state index is -0.0655. The Hall–Kier alpha value is -0.940. The molecule has 0 aliphatic carbocycles. The van der Waals surface area contributed by atoms with E-state index in [2.05, 4.69) is 24.1 Å². The maximum absolute atomic E-state index is 12.0. The standard InChI is InChI=1S/C13H20N2O2S/c1-3-13(4-2)7-10(5-6-17-13)15-12(16)11-8-18-9-14-11/h8-10H,3-7H2,1-2H3,(H,15,16). The van der Waals surface area contributed by atoms with Crippen LogP contribution in [0.3, 0.4) is 0 Å². The van der Waals surface area contributed by atoms with E-state index in [-0.39, 0.29) is 17.6 Å². The molecule has 1 aromatic heterocycles. The molecule has 4 nitrogen and oxygen atoms in total. The summed E-state index contributed by atoms with van der Waals surface area (Å²) in [7, 11) is 0. The van der Waals surface area contributed by atoms with Crippen LogP contribution in [0.2, 0.25) is 0 Å². The Morgan fingerprint density at radius 3 is 3.00 bits per heavy atom. The molecule has 1 unspecified atom stereocenters. The van der Waals surface area contributed by atoms with Crippen molar-refractivity contribution in [3.63, 3.8) is 0 Å². The van der Waals surface area contributed by atoms with E-state index in [1.54, 1.807) is 10.9 Å². The number of carbonyl (C=O) groups is 1. The summed E-state index contributed by atoms with van der Waals surface area (Å²) in [4.78, 5) is 16.0. The Bertz CT molecular complexity index is 388. The van der Waals surface area contributed by atoms with Crippen LogP contribution in [-0.2, 0) is 4.74 Å². The van der Waals surface area contributed by atoms with Gasteiger partial charge in [0.1, 0.15) is 5.69 Å².